The van der Waals surface area contributed by atoms with Crippen molar-refractivity contribution in [3.05, 3.63) is 206 Å². The Morgan fingerprint density at radius 2 is 1.07 bits per heavy atom. The summed E-state index contributed by atoms with van der Waals surface area (Å²) in [6, 6.07) is 63.4. The van der Waals surface area contributed by atoms with Crippen LogP contribution in [0.2, 0.25) is 0 Å². The normalized spacial score (nSPS) is 10.8. The number of rotatable bonds is 6. The third-order valence-electron chi connectivity index (χ3n) is 10.4. The van der Waals surface area contributed by atoms with Crippen LogP contribution in [0.5, 0.6) is 0 Å². The molecule has 6 heterocycles. The van der Waals surface area contributed by atoms with Gasteiger partial charge in [0.25, 0.3) is 0 Å². The van der Waals surface area contributed by atoms with Crippen molar-refractivity contribution in [3.63, 3.8) is 0 Å². The van der Waals surface area contributed by atoms with E-state index in [1.54, 1.807) is 28.0 Å². The molecule has 0 amide bonds. The van der Waals surface area contributed by atoms with Crippen molar-refractivity contribution < 1.29 is 0 Å². The van der Waals surface area contributed by atoms with Gasteiger partial charge in [0.15, 0.2) is 0 Å². The van der Waals surface area contributed by atoms with Gasteiger partial charge in [0, 0.05) is 71.2 Å². The van der Waals surface area contributed by atoms with Crippen molar-refractivity contribution in [2.75, 3.05) is 18.8 Å². The minimum Gasteiger partial charge on any atom is -0.330 e. The predicted octanol–water partition coefficient (Wildman–Crippen LogP) is 19.4. The van der Waals surface area contributed by atoms with Gasteiger partial charge < -0.3 is 11.1 Å². The number of aryl methyl sites for hydroxylation is 1. The molecule has 0 radical (unpaired) electrons. The fourth-order valence-electron chi connectivity index (χ4n) is 7.32. The van der Waals surface area contributed by atoms with Gasteiger partial charge in [-0.25, -0.2) is 0 Å². The number of nitriles is 1. The standard InChI is InChI=1S/C11H11NS.C10H11NS.C10H7NS.C9H7BrS.2C9H8S.2C2H6/c1-2-4-10-8(3-1)9-7-12-6-5-11(9)13-10;2*11-6-5-9-7-8-3-1-2-4-10(8)12-9;10-6-8-5-7-3-1-2-4-9(7)11-8;1-7-6-8-4-2-3-5-9(8)10-7;1-2-8-10-9-6-4-3-5-7-9;2*1-2/h1-4,12H,5-7H2;1-4,7H,5-6,11H2;1-4,7H,5H2;1-5H,6H2;2-6H,1H3;1,3-7H,8H2;2*1-2H3. The molecule has 0 spiro atoms. The van der Waals surface area contributed by atoms with Crippen molar-refractivity contribution in [2.45, 2.75) is 70.7 Å². The van der Waals surface area contributed by atoms with Gasteiger partial charge in [-0.15, -0.1) is 74.9 Å². The van der Waals surface area contributed by atoms with Crippen molar-refractivity contribution >= 4 is 135 Å². The lowest BCUT2D eigenvalue weighted by Crippen LogP contribution is -2.21. The van der Waals surface area contributed by atoms with E-state index in [1.807, 2.05) is 103 Å². The summed E-state index contributed by atoms with van der Waals surface area (Å²) in [5.41, 5.74) is 7.02. The molecule has 370 valence electrons. The van der Waals surface area contributed by atoms with E-state index in [4.69, 9.17) is 17.4 Å². The number of nitrogens with zero attached hydrogens (tertiary/aromatic N) is 1. The molecule has 10 heteroatoms. The maximum Gasteiger partial charge on any atom is 0.0696 e. The number of thioether (sulfide) groups is 1. The highest BCUT2D eigenvalue weighted by Gasteiger charge is 2.14. The van der Waals surface area contributed by atoms with E-state index in [0.717, 1.165) is 42.0 Å². The zero-order chi connectivity index (χ0) is 51.3. The van der Waals surface area contributed by atoms with Crippen LogP contribution < -0.4 is 11.1 Å². The molecule has 1 aliphatic heterocycles. The second kappa shape index (κ2) is 32.9. The zero-order valence-corrected chi connectivity index (χ0v) is 48.3. The summed E-state index contributed by atoms with van der Waals surface area (Å²) in [5, 5.41) is 19.6. The van der Waals surface area contributed by atoms with E-state index in [0.29, 0.717) is 6.42 Å². The molecule has 0 saturated heterocycles. The minimum absolute atomic E-state index is 0.527. The third kappa shape index (κ3) is 18.1. The molecule has 0 atom stereocenters. The fraction of sp³-hybridized carbons (Fsp3) is 0.210. The average molecular weight is 1120 g/mol. The van der Waals surface area contributed by atoms with E-state index >= 15 is 0 Å². The number of halogens is 1. The zero-order valence-electron chi connectivity index (χ0n) is 41.8. The third-order valence-corrected chi connectivity index (χ3v) is 18.0. The minimum atomic E-state index is 0.527. The fourth-order valence-corrected chi connectivity index (χ4v) is 13.6. The predicted molar refractivity (Wildman–Crippen MR) is 333 cm³/mol. The van der Waals surface area contributed by atoms with E-state index in [2.05, 4.69) is 186 Å². The summed E-state index contributed by atoms with van der Waals surface area (Å²) >= 11 is 14.3. The van der Waals surface area contributed by atoms with Crippen molar-refractivity contribution in [3.8, 4) is 18.4 Å². The molecule has 11 aromatic rings. The van der Waals surface area contributed by atoms with Crippen LogP contribution in [0.25, 0.3) is 50.4 Å². The second-order valence-electron chi connectivity index (χ2n) is 15.4. The first-order chi connectivity index (χ1) is 35.4. The lowest BCUT2D eigenvalue weighted by molar-refractivity contribution is 0.656. The molecule has 3 N–H and O–H groups in total. The number of thiophene rings is 5. The van der Waals surface area contributed by atoms with Gasteiger partial charge >= 0.3 is 0 Å². The SMILES string of the molecule is BrCc1cc2ccccc2s1.C#CCSc1ccccc1.CC.CC.Cc1cc2ccccc2s1.N#CCc1cc2ccccc2s1.NCCc1cc2ccccc2s1.c1ccc2c3c(sc2c1)CCNC3. The molecule has 0 saturated carbocycles. The van der Waals surface area contributed by atoms with E-state index in [1.165, 1.54) is 81.9 Å². The van der Waals surface area contributed by atoms with Crippen molar-refractivity contribution in [2.24, 2.45) is 5.73 Å². The molecule has 0 fully saturated rings. The number of alkyl halides is 1. The number of hydrogen-bond donors (Lipinski definition) is 2. The summed E-state index contributed by atoms with van der Waals surface area (Å²) in [5.74, 6) is 3.33. The summed E-state index contributed by atoms with van der Waals surface area (Å²) in [7, 11) is 0. The Bertz CT molecular complexity index is 3210. The Morgan fingerprint density at radius 3 is 1.60 bits per heavy atom. The van der Waals surface area contributed by atoms with Crippen LogP contribution in [0.4, 0.5) is 0 Å². The molecule has 12 rings (SSSR count). The van der Waals surface area contributed by atoms with Crippen LogP contribution in [0, 0.1) is 30.6 Å². The first-order valence-corrected chi connectivity index (χ1v) is 30.5. The second-order valence-corrected chi connectivity index (χ2v) is 22.9. The number of nitrogens with one attached hydrogen (secondary N) is 1. The lowest BCUT2D eigenvalue weighted by atomic mass is 10.1. The summed E-state index contributed by atoms with van der Waals surface area (Å²) in [4.78, 5) is 8.14. The molecule has 72 heavy (non-hydrogen) atoms. The number of fused-ring (bicyclic) bond motifs is 7. The summed E-state index contributed by atoms with van der Waals surface area (Å²) in [6.07, 6.45) is 7.84. The number of benzene rings is 6. The quantitative estimate of drug-likeness (QED) is 0.0989. The first kappa shape index (κ1) is 57.8. The highest BCUT2D eigenvalue weighted by atomic mass is 79.9. The topological polar surface area (TPSA) is 61.8 Å². The first-order valence-electron chi connectivity index (χ1n) is 24.3. The Kier molecular flexibility index (Phi) is 26.4. The monoisotopic (exact) mass is 1120 g/mol. The lowest BCUT2D eigenvalue weighted by Gasteiger charge is -2.12. The number of hydrogen-bond acceptors (Lipinski definition) is 9. The molecular formula is C62H64BrN3S6. The van der Waals surface area contributed by atoms with Crippen LogP contribution in [-0.2, 0) is 31.1 Å². The maximum atomic E-state index is 8.50. The Morgan fingerprint density at radius 1 is 0.597 bits per heavy atom. The Hall–Kier alpha value is -5.08. The summed E-state index contributed by atoms with van der Waals surface area (Å²) < 4.78 is 6.84. The Balaban J connectivity index is 0.000000159. The molecule has 0 bridgehead atoms. The molecular weight excluding hydrogens is 1060 g/mol. The van der Waals surface area contributed by atoms with Crippen LogP contribution >= 0.6 is 84.4 Å². The summed E-state index contributed by atoms with van der Waals surface area (Å²) in [6.45, 7) is 13.1. The molecule has 5 aromatic heterocycles. The van der Waals surface area contributed by atoms with Crippen molar-refractivity contribution in [1.82, 2.24) is 5.32 Å². The van der Waals surface area contributed by atoms with E-state index in [-0.39, 0.29) is 0 Å². The molecule has 0 aliphatic carbocycles. The van der Waals surface area contributed by atoms with E-state index < -0.39 is 0 Å². The average Bonchev–Trinajstić information content (AvgIpc) is 4.29. The maximum absolute atomic E-state index is 8.50. The highest BCUT2D eigenvalue weighted by molar-refractivity contribution is 9.08. The van der Waals surface area contributed by atoms with Crippen LogP contribution in [0.15, 0.2) is 181 Å². The molecule has 3 nitrogen and oxygen atoms in total. The van der Waals surface area contributed by atoms with Gasteiger partial charge in [-0.3, -0.25) is 0 Å². The van der Waals surface area contributed by atoms with Gasteiger partial charge in [-0.05, 0) is 126 Å². The van der Waals surface area contributed by atoms with Gasteiger partial charge in [0.05, 0.1) is 18.2 Å². The number of nitrogens with two attached hydrogens (primary N) is 1. The molecule has 0 unspecified atom stereocenters. The van der Waals surface area contributed by atoms with Crippen LogP contribution in [0.1, 0.15) is 57.6 Å². The van der Waals surface area contributed by atoms with E-state index in [9.17, 15) is 0 Å². The smallest absolute Gasteiger partial charge is 0.0696 e. The number of terminal acetylenes is 1. The van der Waals surface area contributed by atoms with Crippen LogP contribution in [0.3, 0.4) is 0 Å². The van der Waals surface area contributed by atoms with Gasteiger partial charge in [-0.2, -0.15) is 5.26 Å². The molecule has 1 aliphatic rings. The highest BCUT2D eigenvalue weighted by Crippen LogP contribution is 2.33. The van der Waals surface area contributed by atoms with Crippen molar-refractivity contribution in [1.29, 1.82) is 5.26 Å². The van der Waals surface area contributed by atoms with Gasteiger partial charge in [-0.1, -0.05) is 159 Å². The van der Waals surface area contributed by atoms with Crippen LogP contribution in [-0.4, -0.2) is 18.8 Å². The Labute approximate surface area is 460 Å². The largest absolute Gasteiger partial charge is 0.330 e. The molecule has 6 aromatic carbocycles. The van der Waals surface area contributed by atoms with Gasteiger partial charge in [0.2, 0.25) is 0 Å². The van der Waals surface area contributed by atoms with Gasteiger partial charge in [0.1, 0.15) is 0 Å².